The maximum absolute atomic E-state index is 11.3. The minimum absolute atomic E-state index is 0.00384. The Morgan fingerprint density at radius 3 is 2.09 bits per heavy atom. The van der Waals surface area contributed by atoms with Crippen LogP contribution in [0, 0.1) is 0 Å². The van der Waals surface area contributed by atoms with E-state index < -0.39 is 0 Å². The number of ether oxygens (including phenoxy) is 3. The lowest BCUT2D eigenvalue weighted by Gasteiger charge is -2.36. The Kier molecular flexibility index (Phi) is 6.83. The first-order valence-electron chi connectivity index (χ1n) is 14.7. The van der Waals surface area contributed by atoms with Crippen molar-refractivity contribution in [1.82, 2.24) is 9.80 Å². The number of benzene rings is 4. The molecule has 0 aliphatic carbocycles. The summed E-state index contributed by atoms with van der Waals surface area (Å²) < 4.78 is 18.5. The van der Waals surface area contributed by atoms with Crippen molar-refractivity contribution in [3.8, 4) is 46.0 Å². The molecule has 4 heterocycles. The van der Waals surface area contributed by atoms with Gasteiger partial charge < -0.3 is 29.5 Å². The lowest BCUT2D eigenvalue weighted by molar-refractivity contribution is 0.222. The van der Waals surface area contributed by atoms with Gasteiger partial charge in [0.1, 0.15) is 17.2 Å². The molecule has 0 aromatic heterocycles. The highest BCUT2D eigenvalue weighted by Crippen LogP contribution is 2.50. The zero-order valence-corrected chi connectivity index (χ0v) is 24.6. The Morgan fingerprint density at radius 1 is 0.721 bits per heavy atom. The summed E-state index contributed by atoms with van der Waals surface area (Å²) in [5.74, 6) is 2.44. The zero-order valence-electron chi connectivity index (χ0n) is 24.6. The van der Waals surface area contributed by atoms with Crippen molar-refractivity contribution in [2.75, 3.05) is 34.3 Å². The van der Waals surface area contributed by atoms with Crippen LogP contribution in [0.3, 0.4) is 0 Å². The average molecular weight is 581 g/mol. The molecule has 0 unspecified atom stereocenters. The number of methoxy groups -OCH3 is 1. The molecule has 8 nitrogen and oxygen atoms in total. The number of nitrogens with zero attached hydrogens (tertiary/aromatic N) is 2. The maximum atomic E-state index is 11.3. The molecular weight excluding hydrogens is 544 g/mol. The van der Waals surface area contributed by atoms with Gasteiger partial charge in [0, 0.05) is 42.4 Å². The fraction of sp³-hybridized carbons (Fsp3) is 0.314. The van der Waals surface area contributed by atoms with E-state index in [1.807, 2.05) is 36.4 Å². The summed E-state index contributed by atoms with van der Waals surface area (Å²) >= 11 is 0. The molecule has 0 spiro atoms. The summed E-state index contributed by atoms with van der Waals surface area (Å²) in [5.41, 5.74) is 6.11. The highest BCUT2D eigenvalue weighted by Gasteiger charge is 2.34. The van der Waals surface area contributed by atoms with E-state index in [-0.39, 0.29) is 29.3 Å². The molecule has 8 heteroatoms. The van der Waals surface area contributed by atoms with Crippen LogP contribution in [0.15, 0.2) is 60.7 Å². The molecule has 0 saturated carbocycles. The second kappa shape index (κ2) is 10.7. The molecule has 4 bridgehead atoms. The molecule has 0 radical (unpaired) electrons. The van der Waals surface area contributed by atoms with Crippen molar-refractivity contribution < 1.29 is 29.5 Å². The molecular formula is C35H36N2O6. The largest absolute Gasteiger partial charge is 0.508 e. The van der Waals surface area contributed by atoms with Crippen LogP contribution in [0.5, 0.6) is 46.0 Å². The summed E-state index contributed by atoms with van der Waals surface area (Å²) in [5, 5.41) is 32.9. The summed E-state index contributed by atoms with van der Waals surface area (Å²) in [7, 11) is 5.73. The molecule has 222 valence electrons. The molecule has 3 N–H and O–H groups in total. The molecule has 0 saturated heterocycles. The highest BCUT2D eigenvalue weighted by molar-refractivity contribution is 5.62. The van der Waals surface area contributed by atoms with Gasteiger partial charge in [0.05, 0.1) is 7.11 Å². The van der Waals surface area contributed by atoms with E-state index in [1.54, 1.807) is 19.2 Å². The normalized spacial score (nSPS) is 19.9. The monoisotopic (exact) mass is 580 g/mol. The summed E-state index contributed by atoms with van der Waals surface area (Å²) in [6, 6.07) is 18.7. The fourth-order valence-electron chi connectivity index (χ4n) is 6.86. The third kappa shape index (κ3) is 4.90. The molecule has 0 amide bonds. The molecule has 4 aromatic carbocycles. The molecule has 4 aromatic rings. The quantitative estimate of drug-likeness (QED) is 0.243. The Labute approximate surface area is 251 Å². The smallest absolute Gasteiger partial charge is 0.201 e. The van der Waals surface area contributed by atoms with E-state index in [1.165, 1.54) is 0 Å². The first-order valence-corrected chi connectivity index (χ1v) is 14.7. The van der Waals surface area contributed by atoms with Crippen LogP contribution in [0.2, 0.25) is 0 Å². The summed E-state index contributed by atoms with van der Waals surface area (Å²) in [4.78, 5) is 4.57. The first-order chi connectivity index (χ1) is 20.8. The van der Waals surface area contributed by atoms with Crippen LogP contribution in [0.1, 0.15) is 45.5 Å². The van der Waals surface area contributed by atoms with Crippen molar-refractivity contribution in [2.45, 2.75) is 37.8 Å². The zero-order chi connectivity index (χ0) is 29.8. The van der Waals surface area contributed by atoms with E-state index in [0.717, 1.165) is 59.3 Å². The van der Waals surface area contributed by atoms with Gasteiger partial charge in [-0.3, -0.25) is 9.80 Å². The minimum Gasteiger partial charge on any atom is -0.508 e. The van der Waals surface area contributed by atoms with E-state index in [0.29, 0.717) is 41.6 Å². The molecule has 8 rings (SSSR count). The minimum atomic E-state index is -0.116. The fourth-order valence-corrected chi connectivity index (χ4v) is 6.86. The number of rotatable bonds is 1. The molecule has 0 fully saturated rings. The van der Waals surface area contributed by atoms with Gasteiger partial charge >= 0.3 is 0 Å². The van der Waals surface area contributed by atoms with Gasteiger partial charge in [0.2, 0.25) is 5.75 Å². The third-order valence-corrected chi connectivity index (χ3v) is 9.22. The van der Waals surface area contributed by atoms with Crippen molar-refractivity contribution in [1.29, 1.82) is 0 Å². The van der Waals surface area contributed by atoms with Gasteiger partial charge in [-0.1, -0.05) is 18.2 Å². The van der Waals surface area contributed by atoms with E-state index >= 15 is 0 Å². The van der Waals surface area contributed by atoms with Crippen LogP contribution >= 0.6 is 0 Å². The number of hydrogen-bond acceptors (Lipinski definition) is 8. The Balaban J connectivity index is 1.43. The lowest BCUT2D eigenvalue weighted by atomic mass is 9.87. The van der Waals surface area contributed by atoms with Gasteiger partial charge in [-0.15, -0.1) is 0 Å². The van der Waals surface area contributed by atoms with Gasteiger partial charge in [0.15, 0.2) is 23.0 Å². The molecule has 43 heavy (non-hydrogen) atoms. The lowest BCUT2D eigenvalue weighted by Crippen LogP contribution is -2.33. The van der Waals surface area contributed by atoms with Gasteiger partial charge in [-0.2, -0.15) is 0 Å². The molecule has 2 atom stereocenters. The topological polar surface area (TPSA) is 94.9 Å². The third-order valence-electron chi connectivity index (χ3n) is 9.22. The van der Waals surface area contributed by atoms with E-state index in [9.17, 15) is 15.3 Å². The second-order valence-electron chi connectivity index (χ2n) is 11.9. The van der Waals surface area contributed by atoms with Gasteiger partial charge in [0.25, 0.3) is 0 Å². The van der Waals surface area contributed by atoms with Crippen molar-refractivity contribution in [3.63, 3.8) is 0 Å². The van der Waals surface area contributed by atoms with Crippen molar-refractivity contribution in [2.24, 2.45) is 0 Å². The van der Waals surface area contributed by atoms with Crippen LogP contribution in [-0.2, 0) is 25.7 Å². The van der Waals surface area contributed by atoms with Crippen LogP contribution in [-0.4, -0.2) is 59.4 Å². The standard InChI is InChI=1S/C35H36N2O6/c1-36-12-10-22-17-24(38)19-30-32(22)26(36)14-20-4-7-25(8-5-20)42-35-33-23(18-31(41-3)34(35)40)11-13-37(2)27(33)15-21-6-9-28(39)29(16-21)43-30/h4-9,16-19,26-27,38-40H,10-15H2,1-3H3/t26-,27-/m1/s1. The number of likely N-dealkylation sites (N-methyl/N-ethyl adjacent to an activating group) is 2. The SMILES string of the molecule is COc1cc2c3c(c1O)Oc1ccc(cc1)C[C@@H]1c4c(cc(O)cc4Oc4cc(ccc4O)C[C@H]3N(C)CC2)CCN1C. The summed E-state index contributed by atoms with van der Waals surface area (Å²) in [6.07, 6.45) is 2.87. The van der Waals surface area contributed by atoms with Crippen LogP contribution in [0.25, 0.3) is 0 Å². The number of phenols is 3. The predicted octanol–water partition coefficient (Wildman–Crippen LogP) is 6.25. The van der Waals surface area contributed by atoms with Crippen LogP contribution < -0.4 is 14.2 Å². The second-order valence-corrected chi connectivity index (χ2v) is 11.9. The number of hydrogen-bond donors (Lipinski definition) is 3. The summed E-state index contributed by atoms with van der Waals surface area (Å²) in [6.45, 7) is 1.67. The maximum Gasteiger partial charge on any atom is 0.201 e. The Morgan fingerprint density at radius 2 is 1.37 bits per heavy atom. The molecule has 4 aliphatic heterocycles. The van der Waals surface area contributed by atoms with Crippen molar-refractivity contribution >= 4 is 0 Å². The number of aromatic hydroxyl groups is 3. The highest BCUT2D eigenvalue weighted by atomic mass is 16.5. The average Bonchev–Trinajstić information content (AvgIpc) is 2.99. The number of phenolic OH excluding ortho intramolecular Hbond substituents is 3. The predicted molar refractivity (Wildman–Crippen MR) is 163 cm³/mol. The van der Waals surface area contributed by atoms with E-state index in [2.05, 4.69) is 36.0 Å². The van der Waals surface area contributed by atoms with Crippen molar-refractivity contribution in [3.05, 3.63) is 94.0 Å². The first kappa shape index (κ1) is 27.4. The van der Waals surface area contributed by atoms with E-state index in [4.69, 9.17) is 14.2 Å². The molecule has 4 aliphatic rings. The Bertz CT molecular complexity index is 1700. The van der Waals surface area contributed by atoms with Gasteiger partial charge in [-0.25, -0.2) is 0 Å². The van der Waals surface area contributed by atoms with Crippen LogP contribution in [0.4, 0.5) is 0 Å². The number of fused-ring (bicyclic) bond motifs is 2. The Hall–Kier alpha value is -4.40. The van der Waals surface area contributed by atoms with Gasteiger partial charge in [-0.05, 0) is 98.4 Å².